The summed E-state index contributed by atoms with van der Waals surface area (Å²) < 4.78 is 5.29. The maximum absolute atomic E-state index is 12.5. The van der Waals surface area contributed by atoms with E-state index in [2.05, 4.69) is 16.8 Å². The number of hydroxylamine groups is 2. The Bertz CT molecular complexity index is 479. The van der Waals surface area contributed by atoms with E-state index in [1.54, 1.807) is 20.8 Å². The second-order valence-electron chi connectivity index (χ2n) is 7.62. The monoisotopic (exact) mass is 355 g/mol. The number of nitrogens with zero attached hydrogens (tertiary/aromatic N) is 2. The van der Waals surface area contributed by atoms with Crippen LogP contribution in [0, 0.1) is 5.92 Å². The summed E-state index contributed by atoms with van der Waals surface area (Å²) in [6, 6.07) is -0.666. The molecule has 144 valence electrons. The standard InChI is InChI=1S/C18H33N3O4/c1-13(2)21-10-8-14(9-11-21)12-15(16(22)20(6)24-7)19-17(23)25-18(3,4)5/h14-15H,1,8-12H2,2-7H3,(H,19,23)/t15-/m0/s1. The van der Waals surface area contributed by atoms with Crippen LogP contribution in [0.15, 0.2) is 12.3 Å². The highest BCUT2D eigenvalue weighted by Crippen LogP contribution is 2.24. The van der Waals surface area contributed by atoms with E-state index in [1.165, 1.54) is 14.2 Å². The van der Waals surface area contributed by atoms with E-state index in [0.29, 0.717) is 12.3 Å². The van der Waals surface area contributed by atoms with Crippen LogP contribution in [0.1, 0.15) is 47.0 Å². The fourth-order valence-electron chi connectivity index (χ4n) is 2.86. The molecule has 0 aromatic rings. The van der Waals surface area contributed by atoms with Gasteiger partial charge >= 0.3 is 6.09 Å². The van der Waals surface area contributed by atoms with E-state index in [4.69, 9.17) is 9.57 Å². The van der Waals surface area contributed by atoms with Crippen molar-refractivity contribution < 1.29 is 19.2 Å². The number of carbonyl (C=O) groups excluding carboxylic acids is 2. The molecule has 7 nitrogen and oxygen atoms in total. The number of hydrogen-bond donors (Lipinski definition) is 1. The van der Waals surface area contributed by atoms with Crippen LogP contribution in [0.25, 0.3) is 0 Å². The van der Waals surface area contributed by atoms with Crippen molar-refractivity contribution >= 4 is 12.0 Å². The second kappa shape index (κ2) is 9.08. The van der Waals surface area contributed by atoms with Crippen LogP contribution < -0.4 is 5.32 Å². The molecule has 1 heterocycles. The zero-order chi connectivity index (χ0) is 19.2. The number of alkyl carbamates (subject to hydrolysis) is 1. The third-order valence-corrected chi connectivity index (χ3v) is 4.30. The Kier molecular flexibility index (Phi) is 7.73. The van der Waals surface area contributed by atoms with Crippen molar-refractivity contribution in [3.05, 3.63) is 12.3 Å². The SMILES string of the molecule is C=C(C)N1CCC(C[C@H](NC(=O)OC(C)(C)C)C(=O)N(C)OC)CC1. The molecule has 0 aromatic carbocycles. The molecule has 0 unspecified atom stereocenters. The number of ether oxygens (including phenoxy) is 1. The fourth-order valence-corrected chi connectivity index (χ4v) is 2.86. The molecule has 1 rings (SSSR count). The summed E-state index contributed by atoms with van der Waals surface area (Å²) in [5.74, 6) is 0.0698. The molecule has 0 saturated carbocycles. The Hall–Kier alpha value is -1.76. The third-order valence-electron chi connectivity index (χ3n) is 4.30. The molecular weight excluding hydrogens is 322 g/mol. The minimum Gasteiger partial charge on any atom is -0.444 e. The number of likely N-dealkylation sites (N-methyl/N-ethyl adjacent to an activating group) is 1. The van der Waals surface area contributed by atoms with Crippen LogP contribution in [-0.2, 0) is 14.4 Å². The van der Waals surface area contributed by atoms with Gasteiger partial charge in [-0.1, -0.05) is 6.58 Å². The van der Waals surface area contributed by atoms with Crippen LogP contribution >= 0.6 is 0 Å². The number of piperidine rings is 1. The summed E-state index contributed by atoms with van der Waals surface area (Å²) in [6.07, 6.45) is 1.90. The van der Waals surface area contributed by atoms with E-state index in [-0.39, 0.29) is 5.91 Å². The minimum atomic E-state index is -0.666. The molecule has 1 aliphatic rings. The Balaban J connectivity index is 2.70. The number of likely N-dealkylation sites (tertiary alicyclic amines) is 1. The van der Waals surface area contributed by atoms with Crippen molar-refractivity contribution in [2.45, 2.75) is 58.6 Å². The van der Waals surface area contributed by atoms with Gasteiger partial charge in [-0.3, -0.25) is 9.63 Å². The van der Waals surface area contributed by atoms with E-state index in [9.17, 15) is 9.59 Å². The van der Waals surface area contributed by atoms with E-state index >= 15 is 0 Å². The van der Waals surface area contributed by atoms with Crippen LogP contribution in [0.2, 0.25) is 0 Å². The van der Waals surface area contributed by atoms with Crippen molar-refractivity contribution in [2.24, 2.45) is 5.92 Å². The Morgan fingerprint density at radius 2 is 1.88 bits per heavy atom. The lowest BCUT2D eigenvalue weighted by atomic mass is 9.89. The molecule has 2 amide bonds. The van der Waals surface area contributed by atoms with Crippen molar-refractivity contribution in [3.63, 3.8) is 0 Å². The summed E-state index contributed by atoms with van der Waals surface area (Å²) in [6.45, 7) is 13.2. The van der Waals surface area contributed by atoms with Gasteiger partial charge in [0.05, 0.1) is 7.11 Å². The summed E-state index contributed by atoms with van der Waals surface area (Å²) in [7, 11) is 2.96. The van der Waals surface area contributed by atoms with Gasteiger partial charge in [-0.2, -0.15) is 0 Å². The molecule has 1 aliphatic heterocycles. The predicted molar refractivity (Wildman–Crippen MR) is 96.7 cm³/mol. The van der Waals surface area contributed by atoms with Gasteiger partial charge in [0.1, 0.15) is 11.6 Å². The highest BCUT2D eigenvalue weighted by molar-refractivity contribution is 5.84. The number of allylic oxidation sites excluding steroid dienone is 1. The van der Waals surface area contributed by atoms with Crippen LogP contribution in [-0.4, -0.2) is 60.9 Å². The number of amides is 2. The van der Waals surface area contributed by atoms with Gasteiger partial charge in [0.15, 0.2) is 0 Å². The van der Waals surface area contributed by atoms with Crippen LogP contribution in [0.5, 0.6) is 0 Å². The zero-order valence-corrected chi connectivity index (χ0v) is 16.4. The van der Waals surface area contributed by atoms with Crippen molar-refractivity contribution in [2.75, 3.05) is 27.2 Å². The highest BCUT2D eigenvalue weighted by Gasteiger charge is 2.31. The van der Waals surface area contributed by atoms with Crippen molar-refractivity contribution in [1.29, 1.82) is 0 Å². The van der Waals surface area contributed by atoms with E-state index in [1.807, 2.05) is 6.92 Å². The lowest BCUT2D eigenvalue weighted by molar-refractivity contribution is -0.171. The zero-order valence-electron chi connectivity index (χ0n) is 16.4. The molecule has 1 saturated heterocycles. The van der Waals surface area contributed by atoms with Crippen molar-refractivity contribution in [3.8, 4) is 0 Å². The van der Waals surface area contributed by atoms with E-state index in [0.717, 1.165) is 36.7 Å². The van der Waals surface area contributed by atoms with Crippen molar-refractivity contribution in [1.82, 2.24) is 15.3 Å². The predicted octanol–water partition coefficient (Wildman–Crippen LogP) is 2.54. The maximum atomic E-state index is 12.5. The van der Waals surface area contributed by atoms with Crippen LogP contribution in [0.4, 0.5) is 4.79 Å². The number of carbonyl (C=O) groups is 2. The second-order valence-corrected chi connectivity index (χ2v) is 7.62. The molecule has 7 heteroatoms. The van der Waals surface area contributed by atoms with Gasteiger partial charge in [-0.15, -0.1) is 0 Å². The molecule has 0 spiro atoms. The lowest BCUT2D eigenvalue weighted by Gasteiger charge is -2.35. The Morgan fingerprint density at radius 1 is 1.32 bits per heavy atom. The molecule has 1 N–H and O–H groups in total. The average molecular weight is 355 g/mol. The molecule has 1 atom stereocenters. The molecule has 1 fully saturated rings. The summed E-state index contributed by atoms with van der Waals surface area (Å²) in [4.78, 5) is 31.9. The molecule has 25 heavy (non-hydrogen) atoms. The highest BCUT2D eigenvalue weighted by atomic mass is 16.7. The topological polar surface area (TPSA) is 71.1 Å². The van der Waals surface area contributed by atoms with Gasteiger partial charge in [0, 0.05) is 25.8 Å². The third kappa shape index (κ3) is 7.34. The molecule has 0 aliphatic carbocycles. The normalized spacial score (nSPS) is 17.0. The summed E-state index contributed by atoms with van der Waals surface area (Å²) >= 11 is 0. The lowest BCUT2D eigenvalue weighted by Crippen LogP contribution is -2.49. The van der Waals surface area contributed by atoms with Gasteiger partial charge < -0.3 is 15.0 Å². The fraction of sp³-hybridized carbons (Fsp3) is 0.778. The quantitative estimate of drug-likeness (QED) is 0.742. The smallest absolute Gasteiger partial charge is 0.408 e. The Labute approximate surface area is 151 Å². The Morgan fingerprint density at radius 3 is 2.32 bits per heavy atom. The minimum absolute atomic E-state index is 0.282. The largest absolute Gasteiger partial charge is 0.444 e. The van der Waals surface area contributed by atoms with Gasteiger partial charge in [0.2, 0.25) is 0 Å². The number of nitrogens with one attached hydrogen (secondary N) is 1. The first-order chi connectivity index (χ1) is 11.5. The molecule has 0 bridgehead atoms. The van der Waals surface area contributed by atoms with Gasteiger partial charge in [-0.25, -0.2) is 9.86 Å². The molecular formula is C18H33N3O4. The number of rotatable bonds is 6. The first-order valence-electron chi connectivity index (χ1n) is 8.75. The van der Waals surface area contributed by atoms with Gasteiger partial charge in [0.25, 0.3) is 5.91 Å². The van der Waals surface area contributed by atoms with Crippen LogP contribution in [0.3, 0.4) is 0 Å². The molecule has 0 aromatic heterocycles. The average Bonchev–Trinajstić information content (AvgIpc) is 2.51. The molecule has 0 radical (unpaired) electrons. The maximum Gasteiger partial charge on any atom is 0.408 e. The van der Waals surface area contributed by atoms with Gasteiger partial charge in [-0.05, 0) is 52.9 Å². The first kappa shape index (κ1) is 21.3. The number of hydrogen-bond acceptors (Lipinski definition) is 5. The summed E-state index contributed by atoms with van der Waals surface area (Å²) in [5, 5.41) is 3.85. The van der Waals surface area contributed by atoms with E-state index < -0.39 is 17.7 Å². The first-order valence-corrected chi connectivity index (χ1v) is 8.75. The summed E-state index contributed by atoms with van der Waals surface area (Å²) in [5.41, 5.74) is 0.453.